The van der Waals surface area contributed by atoms with Crippen LogP contribution in [0.1, 0.15) is 33.6 Å². The number of hydrogen-bond acceptors (Lipinski definition) is 4. The molecule has 4 nitrogen and oxygen atoms in total. The maximum absolute atomic E-state index is 11.6. The molecule has 17 heavy (non-hydrogen) atoms. The van der Waals surface area contributed by atoms with Crippen molar-refractivity contribution in [3.63, 3.8) is 0 Å². The molecule has 0 amide bonds. The van der Waals surface area contributed by atoms with E-state index in [0.717, 1.165) is 19.4 Å². The van der Waals surface area contributed by atoms with Gasteiger partial charge in [-0.15, -0.1) is 0 Å². The molecule has 1 saturated heterocycles. The van der Waals surface area contributed by atoms with Gasteiger partial charge in [0.2, 0.25) is 0 Å². The Balaban J connectivity index is 2.47. The summed E-state index contributed by atoms with van der Waals surface area (Å²) < 4.78 is 22.5. The highest BCUT2D eigenvalue weighted by molar-refractivity contribution is 7.92. The van der Waals surface area contributed by atoms with Crippen molar-refractivity contribution in [3.8, 4) is 0 Å². The summed E-state index contributed by atoms with van der Waals surface area (Å²) >= 11 is 0. The maximum atomic E-state index is 11.6. The lowest BCUT2D eigenvalue weighted by Gasteiger charge is -2.36. The van der Waals surface area contributed by atoms with Crippen LogP contribution in [0.2, 0.25) is 0 Å². The summed E-state index contributed by atoms with van der Waals surface area (Å²) in [6.45, 7) is 7.40. The first-order valence-electron chi connectivity index (χ1n) is 6.27. The fraction of sp³-hybridized carbons (Fsp3) is 1.00. The van der Waals surface area contributed by atoms with E-state index >= 15 is 0 Å². The lowest BCUT2D eigenvalue weighted by molar-refractivity contribution is 0.167. The lowest BCUT2D eigenvalue weighted by atomic mass is 9.98. The molecular formula is C12H26N2O2S. The molecule has 0 radical (unpaired) electrons. The van der Waals surface area contributed by atoms with Crippen molar-refractivity contribution in [2.45, 2.75) is 50.4 Å². The highest BCUT2D eigenvalue weighted by Crippen LogP contribution is 2.18. The van der Waals surface area contributed by atoms with Crippen molar-refractivity contribution in [1.29, 1.82) is 0 Å². The molecule has 2 atom stereocenters. The molecule has 2 unspecified atom stereocenters. The zero-order valence-electron chi connectivity index (χ0n) is 11.7. The normalized spacial score (nSPS) is 28.3. The number of piperidine rings is 1. The molecule has 102 valence electrons. The SMILES string of the molecule is CC1CC(NCC(C)(C)S(C)(=O)=O)CCN1C. The van der Waals surface area contributed by atoms with E-state index in [1.54, 1.807) is 13.8 Å². The van der Waals surface area contributed by atoms with Gasteiger partial charge in [0.15, 0.2) is 9.84 Å². The van der Waals surface area contributed by atoms with Crippen molar-refractivity contribution in [2.75, 3.05) is 26.4 Å². The largest absolute Gasteiger partial charge is 0.312 e. The van der Waals surface area contributed by atoms with Crippen molar-refractivity contribution in [1.82, 2.24) is 10.2 Å². The van der Waals surface area contributed by atoms with Crippen LogP contribution in [0.3, 0.4) is 0 Å². The third-order valence-corrected chi connectivity index (χ3v) is 6.18. The number of nitrogens with zero attached hydrogens (tertiary/aromatic N) is 1. The molecule has 0 saturated carbocycles. The van der Waals surface area contributed by atoms with E-state index in [4.69, 9.17) is 0 Å². The topological polar surface area (TPSA) is 49.4 Å². The van der Waals surface area contributed by atoms with Gasteiger partial charge in [0.25, 0.3) is 0 Å². The standard InChI is InChI=1S/C12H26N2O2S/c1-10-8-11(6-7-14(10)4)13-9-12(2,3)17(5,15)16/h10-11,13H,6-9H2,1-5H3. The van der Waals surface area contributed by atoms with Gasteiger partial charge in [0.05, 0.1) is 4.75 Å². The van der Waals surface area contributed by atoms with Crippen molar-refractivity contribution >= 4 is 9.84 Å². The van der Waals surface area contributed by atoms with Crippen molar-refractivity contribution in [2.24, 2.45) is 0 Å². The number of rotatable bonds is 4. The van der Waals surface area contributed by atoms with Crippen LogP contribution in [-0.4, -0.2) is 56.5 Å². The molecule has 1 aliphatic rings. The van der Waals surface area contributed by atoms with Gasteiger partial charge >= 0.3 is 0 Å². The Morgan fingerprint density at radius 2 is 2.00 bits per heavy atom. The van der Waals surface area contributed by atoms with Crippen LogP contribution in [0.25, 0.3) is 0 Å². The van der Waals surface area contributed by atoms with E-state index in [-0.39, 0.29) is 0 Å². The minimum atomic E-state index is -3.00. The fourth-order valence-electron chi connectivity index (χ4n) is 2.00. The predicted molar refractivity (Wildman–Crippen MR) is 72.0 cm³/mol. The summed E-state index contributed by atoms with van der Waals surface area (Å²) in [5.74, 6) is 0. The van der Waals surface area contributed by atoms with Crippen LogP contribution >= 0.6 is 0 Å². The van der Waals surface area contributed by atoms with Gasteiger partial charge in [-0.3, -0.25) is 0 Å². The van der Waals surface area contributed by atoms with Gasteiger partial charge in [0.1, 0.15) is 0 Å². The molecule has 5 heteroatoms. The number of sulfone groups is 1. The molecule has 0 aliphatic carbocycles. The van der Waals surface area contributed by atoms with Gasteiger partial charge in [-0.05, 0) is 47.2 Å². The van der Waals surface area contributed by atoms with Gasteiger partial charge in [-0.1, -0.05) is 0 Å². The lowest BCUT2D eigenvalue weighted by Crippen LogP contribution is -2.50. The Morgan fingerprint density at radius 1 is 1.41 bits per heavy atom. The molecule has 0 aromatic rings. The molecule has 1 heterocycles. The molecule has 1 N–H and O–H groups in total. The summed E-state index contributed by atoms with van der Waals surface area (Å²) in [5, 5.41) is 3.41. The van der Waals surface area contributed by atoms with Crippen molar-refractivity contribution in [3.05, 3.63) is 0 Å². The average molecular weight is 262 g/mol. The average Bonchev–Trinajstić information content (AvgIpc) is 2.18. The van der Waals surface area contributed by atoms with E-state index in [2.05, 4.69) is 24.2 Å². The van der Waals surface area contributed by atoms with E-state index in [1.807, 2.05) is 0 Å². The van der Waals surface area contributed by atoms with Crippen LogP contribution in [-0.2, 0) is 9.84 Å². The van der Waals surface area contributed by atoms with Crippen LogP contribution in [0.15, 0.2) is 0 Å². The Morgan fingerprint density at radius 3 is 2.47 bits per heavy atom. The van der Waals surface area contributed by atoms with Crippen LogP contribution in [0, 0.1) is 0 Å². The van der Waals surface area contributed by atoms with E-state index in [1.165, 1.54) is 6.26 Å². The molecular weight excluding hydrogens is 236 g/mol. The van der Waals surface area contributed by atoms with E-state index in [0.29, 0.717) is 18.6 Å². The van der Waals surface area contributed by atoms with E-state index < -0.39 is 14.6 Å². The van der Waals surface area contributed by atoms with E-state index in [9.17, 15) is 8.42 Å². The minimum absolute atomic E-state index is 0.447. The Labute approximate surface area is 106 Å². The second-order valence-electron chi connectivity index (χ2n) is 5.96. The van der Waals surface area contributed by atoms with Gasteiger partial charge < -0.3 is 10.2 Å². The first-order valence-corrected chi connectivity index (χ1v) is 8.16. The molecule has 1 aliphatic heterocycles. The minimum Gasteiger partial charge on any atom is -0.312 e. The Kier molecular flexibility index (Phi) is 4.60. The van der Waals surface area contributed by atoms with Crippen molar-refractivity contribution < 1.29 is 8.42 Å². The van der Waals surface area contributed by atoms with Gasteiger partial charge in [-0.2, -0.15) is 0 Å². The fourth-order valence-corrected chi connectivity index (χ4v) is 2.34. The third-order valence-electron chi connectivity index (χ3n) is 4.03. The second kappa shape index (κ2) is 5.24. The summed E-state index contributed by atoms with van der Waals surface area (Å²) in [6, 6.07) is 1.02. The molecule has 1 rings (SSSR count). The van der Waals surface area contributed by atoms with Gasteiger partial charge in [0, 0.05) is 24.9 Å². The highest BCUT2D eigenvalue weighted by atomic mass is 32.2. The summed E-state index contributed by atoms with van der Waals surface area (Å²) in [5.41, 5.74) is 0. The quantitative estimate of drug-likeness (QED) is 0.817. The Hall–Kier alpha value is -0.130. The zero-order valence-corrected chi connectivity index (χ0v) is 12.5. The van der Waals surface area contributed by atoms with Crippen LogP contribution in [0.5, 0.6) is 0 Å². The highest BCUT2D eigenvalue weighted by Gasteiger charge is 2.31. The monoisotopic (exact) mass is 262 g/mol. The summed E-state index contributed by atoms with van der Waals surface area (Å²) in [7, 11) is -0.860. The maximum Gasteiger partial charge on any atom is 0.153 e. The van der Waals surface area contributed by atoms with Gasteiger partial charge in [-0.25, -0.2) is 8.42 Å². The molecule has 1 fully saturated rings. The first-order chi connectivity index (χ1) is 7.63. The second-order valence-corrected chi connectivity index (χ2v) is 8.61. The van der Waals surface area contributed by atoms with Crippen LogP contribution in [0.4, 0.5) is 0 Å². The third kappa shape index (κ3) is 3.93. The Bertz CT molecular complexity index is 352. The summed E-state index contributed by atoms with van der Waals surface area (Å²) in [6.07, 6.45) is 3.50. The predicted octanol–water partition coefficient (Wildman–Crippen LogP) is 0.882. The number of hydrogen-bond donors (Lipinski definition) is 1. The molecule has 0 aromatic heterocycles. The number of nitrogens with one attached hydrogen (secondary N) is 1. The molecule has 0 spiro atoms. The van der Waals surface area contributed by atoms with Crippen LogP contribution < -0.4 is 5.32 Å². The molecule has 0 bridgehead atoms. The molecule has 0 aromatic carbocycles. The smallest absolute Gasteiger partial charge is 0.153 e. The number of likely N-dealkylation sites (tertiary alicyclic amines) is 1. The zero-order chi connectivity index (χ0) is 13.3. The first kappa shape index (κ1) is 14.9. The summed E-state index contributed by atoms with van der Waals surface area (Å²) in [4.78, 5) is 2.35.